The number of ether oxygens (including phenoxy) is 4. The highest BCUT2D eigenvalue weighted by atomic mass is 16.7. The Balaban J connectivity index is 4.06. The van der Waals surface area contributed by atoms with E-state index in [1.54, 1.807) is 0 Å². The molecular formula is C92H157NO8. The Morgan fingerprint density at radius 2 is 0.564 bits per heavy atom. The molecule has 0 N–H and O–H groups in total. The number of carbonyl (C=O) groups is 3. The number of carboxylic acids is 1. The number of hydrogen-bond donors (Lipinski definition) is 0. The molecule has 0 aromatic heterocycles. The minimum Gasteiger partial charge on any atom is -0.545 e. The molecule has 0 amide bonds. The first-order chi connectivity index (χ1) is 49.6. The molecule has 0 aromatic rings. The zero-order valence-corrected chi connectivity index (χ0v) is 66.2. The molecule has 0 rings (SSSR count). The van der Waals surface area contributed by atoms with Crippen molar-refractivity contribution in [3.63, 3.8) is 0 Å². The predicted molar refractivity (Wildman–Crippen MR) is 435 cm³/mol. The predicted octanol–water partition coefficient (Wildman–Crippen LogP) is 26.0. The van der Waals surface area contributed by atoms with Crippen LogP contribution in [0.3, 0.4) is 0 Å². The van der Waals surface area contributed by atoms with E-state index in [0.717, 1.165) is 116 Å². The van der Waals surface area contributed by atoms with Crippen LogP contribution in [-0.4, -0.2) is 82.3 Å². The van der Waals surface area contributed by atoms with Gasteiger partial charge in [-0.1, -0.05) is 372 Å². The maximum absolute atomic E-state index is 13.0. The number of aliphatic carboxylic acids is 1. The highest BCUT2D eigenvalue weighted by molar-refractivity contribution is 5.70. The van der Waals surface area contributed by atoms with Gasteiger partial charge in [0, 0.05) is 12.8 Å². The lowest BCUT2D eigenvalue weighted by Gasteiger charge is -2.26. The van der Waals surface area contributed by atoms with Crippen molar-refractivity contribution in [3.8, 4) is 0 Å². The summed E-state index contributed by atoms with van der Waals surface area (Å²) in [5.41, 5.74) is 0. The van der Waals surface area contributed by atoms with Crippen molar-refractivity contribution in [1.29, 1.82) is 0 Å². The SMILES string of the molecule is CC/C=C\C/C=C\C/C=C\C/C=C\C/C=C\C/C=C\C/C=C\C/C=C\C/C=C\C/C=C\CCCCCCCCCCC(=O)OC(COC(=O)CCCCCCCCCCCCCCCCCCCCCCCCCCC/C=C\C/C=C\CCCCCCC)COC(OCC[N+](C)(C)C)C(=O)[O-]. The molecule has 0 spiro atoms. The average molecular weight is 1410 g/mol. The summed E-state index contributed by atoms with van der Waals surface area (Å²) < 4.78 is 22.9. The molecule has 0 heterocycles. The molecule has 0 fully saturated rings. The molecule has 9 heteroatoms. The second kappa shape index (κ2) is 80.8. The number of hydrogen-bond acceptors (Lipinski definition) is 8. The Morgan fingerprint density at radius 1 is 0.307 bits per heavy atom. The first kappa shape index (κ1) is 96.2. The van der Waals surface area contributed by atoms with E-state index < -0.39 is 24.3 Å². The summed E-state index contributed by atoms with van der Waals surface area (Å²) in [4.78, 5) is 37.6. The monoisotopic (exact) mass is 1400 g/mol. The number of carbonyl (C=O) groups excluding carboxylic acids is 3. The first-order valence-corrected chi connectivity index (χ1v) is 42.0. The Bertz CT molecular complexity index is 2180. The summed E-state index contributed by atoms with van der Waals surface area (Å²) in [6, 6.07) is 0. The molecule has 578 valence electrons. The van der Waals surface area contributed by atoms with Gasteiger partial charge >= 0.3 is 11.9 Å². The Kier molecular flexibility index (Phi) is 77.0. The van der Waals surface area contributed by atoms with E-state index in [9.17, 15) is 19.5 Å². The summed E-state index contributed by atoms with van der Waals surface area (Å²) in [7, 11) is 5.93. The molecule has 0 saturated heterocycles. The van der Waals surface area contributed by atoms with Gasteiger partial charge in [-0.15, -0.1) is 0 Å². The van der Waals surface area contributed by atoms with Crippen molar-refractivity contribution in [1.82, 2.24) is 0 Å². The Labute approximate surface area is 623 Å². The maximum atomic E-state index is 13.0. The number of quaternary nitrogens is 1. The van der Waals surface area contributed by atoms with Crippen LogP contribution < -0.4 is 5.11 Å². The summed E-state index contributed by atoms with van der Waals surface area (Å²) >= 11 is 0. The van der Waals surface area contributed by atoms with E-state index in [4.69, 9.17) is 18.9 Å². The quantitative estimate of drug-likeness (QED) is 0.0195. The molecule has 0 aliphatic heterocycles. The molecule has 2 unspecified atom stereocenters. The van der Waals surface area contributed by atoms with Crippen molar-refractivity contribution < 1.29 is 42.9 Å². The fraction of sp³-hybridized carbons (Fsp3) is 0.707. The van der Waals surface area contributed by atoms with Gasteiger partial charge in [0.05, 0.1) is 40.3 Å². The van der Waals surface area contributed by atoms with Crippen LogP contribution in [-0.2, 0) is 33.3 Å². The van der Waals surface area contributed by atoms with Crippen LogP contribution in [0.25, 0.3) is 0 Å². The van der Waals surface area contributed by atoms with Gasteiger partial charge in [0.25, 0.3) is 0 Å². The van der Waals surface area contributed by atoms with E-state index in [1.807, 2.05) is 21.1 Å². The Hall–Kier alpha value is -4.83. The second-order valence-electron chi connectivity index (χ2n) is 29.0. The van der Waals surface area contributed by atoms with E-state index in [-0.39, 0.29) is 38.6 Å². The summed E-state index contributed by atoms with van der Waals surface area (Å²) in [5, 5.41) is 11.9. The van der Waals surface area contributed by atoms with Crippen LogP contribution in [0.1, 0.15) is 361 Å². The van der Waals surface area contributed by atoms with Crippen molar-refractivity contribution in [2.24, 2.45) is 0 Å². The van der Waals surface area contributed by atoms with Gasteiger partial charge in [0.15, 0.2) is 12.4 Å². The molecule has 0 aromatic carbocycles. The minimum absolute atomic E-state index is 0.141. The summed E-state index contributed by atoms with van der Waals surface area (Å²) in [5.74, 6) is -2.29. The van der Waals surface area contributed by atoms with Crippen molar-refractivity contribution in [2.45, 2.75) is 373 Å². The van der Waals surface area contributed by atoms with E-state index in [1.165, 1.54) is 212 Å². The lowest BCUT2D eigenvalue weighted by Crippen LogP contribution is -2.44. The fourth-order valence-corrected chi connectivity index (χ4v) is 11.7. The van der Waals surface area contributed by atoms with Gasteiger partial charge < -0.3 is 33.3 Å². The zero-order valence-electron chi connectivity index (χ0n) is 66.2. The van der Waals surface area contributed by atoms with Gasteiger partial charge in [0.2, 0.25) is 0 Å². The molecular weight excluding hydrogens is 1250 g/mol. The number of nitrogens with zero attached hydrogens (tertiary/aromatic N) is 1. The molecule has 0 radical (unpaired) electrons. The molecule has 0 aliphatic rings. The lowest BCUT2D eigenvalue weighted by molar-refractivity contribution is -0.870. The van der Waals surface area contributed by atoms with Gasteiger partial charge in [0.1, 0.15) is 13.2 Å². The lowest BCUT2D eigenvalue weighted by atomic mass is 10.0. The van der Waals surface area contributed by atoms with Crippen LogP contribution >= 0.6 is 0 Å². The number of esters is 2. The topological polar surface area (TPSA) is 111 Å². The van der Waals surface area contributed by atoms with Gasteiger partial charge in [-0.05, 0) is 122 Å². The van der Waals surface area contributed by atoms with E-state index >= 15 is 0 Å². The third-order valence-corrected chi connectivity index (χ3v) is 18.1. The Morgan fingerprint density at radius 3 is 0.842 bits per heavy atom. The number of carboxylic acid groups (broad SMARTS) is 1. The van der Waals surface area contributed by atoms with Crippen molar-refractivity contribution in [2.75, 3.05) is 47.5 Å². The number of likely N-dealkylation sites (N-methyl/N-ethyl adjacent to an activating group) is 1. The highest BCUT2D eigenvalue weighted by Gasteiger charge is 2.22. The number of allylic oxidation sites excluding steroid dienone is 24. The van der Waals surface area contributed by atoms with Crippen molar-refractivity contribution in [3.05, 3.63) is 146 Å². The molecule has 0 aliphatic carbocycles. The molecule has 9 nitrogen and oxygen atoms in total. The smallest absolute Gasteiger partial charge is 0.306 e. The molecule has 0 saturated carbocycles. The summed E-state index contributed by atoms with van der Waals surface area (Å²) in [6.07, 6.45) is 115. The molecule has 101 heavy (non-hydrogen) atoms. The zero-order chi connectivity index (χ0) is 73.2. The van der Waals surface area contributed by atoms with Crippen LogP contribution in [0, 0.1) is 0 Å². The second-order valence-corrected chi connectivity index (χ2v) is 29.0. The standard InChI is InChI=1S/C92H157NO8/c1-6-8-10-12-14-16-18-20-22-24-26-28-30-32-34-36-38-40-42-44-45-47-49-51-53-55-57-59-61-63-65-67-69-71-73-75-77-79-81-83-90(95)101-88(87-100-92(91(96)97)98-85-84-93(3,4)5)86-99-89(94)82-80-78-76-74-72-70-68-66-64-62-60-58-56-54-52-50-48-46-43-41-39-37-35-33-31-29-27-25-23-21-19-17-15-13-11-9-7-2/h8,10,14,16,19-22,25-28,32,34,38,40,44-45,49,51,55,57,61,63,88,92H,6-7,9,11-13,15,17-18,23-24,29-31,33,35-37,39,41-43,46-48,50,52-54,56,58-60,62,64-87H2,1-5H3/b10-8-,16-14-,21-19-,22-20-,27-25-,28-26-,34-32-,40-38-,45-44-,51-49-,57-55-,63-61-. The largest absolute Gasteiger partial charge is 0.545 e. The van der Waals surface area contributed by atoms with Crippen LogP contribution in [0.15, 0.2) is 146 Å². The fourth-order valence-electron chi connectivity index (χ4n) is 11.7. The normalized spacial score (nSPS) is 13.4. The van der Waals surface area contributed by atoms with Crippen LogP contribution in [0.5, 0.6) is 0 Å². The maximum Gasteiger partial charge on any atom is 0.306 e. The van der Waals surface area contributed by atoms with Crippen molar-refractivity contribution >= 4 is 17.9 Å². The first-order valence-electron chi connectivity index (χ1n) is 42.0. The third kappa shape index (κ3) is 82.3. The third-order valence-electron chi connectivity index (χ3n) is 18.1. The number of unbranched alkanes of at least 4 members (excludes halogenated alkanes) is 38. The average Bonchev–Trinajstić information content (AvgIpc) is 1.21. The highest BCUT2D eigenvalue weighted by Crippen LogP contribution is 2.19. The summed E-state index contributed by atoms with van der Waals surface area (Å²) in [6.45, 7) is 4.64. The van der Waals surface area contributed by atoms with Gasteiger partial charge in [-0.25, -0.2) is 0 Å². The van der Waals surface area contributed by atoms with E-state index in [0.29, 0.717) is 17.4 Å². The minimum atomic E-state index is -1.63. The van der Waals surface area contributed by atoms with Crippen LogP contribution in [0.4, 0.5) is 0 Å². The molecule has 0 bridgehead atoms. The molecule has 2 atom stereocenters. The van der Waals surface area contributed by atoms with E-state index in [2.05, 4.69) is 160 Å². The van der Waals surface area contributed by atoms with Gasteiger partial charge in [-0.2, -0.15) is 0 Å². The van der Waals surface area contributed by atoms with Gasteiger partial charge in [-0.3, -0.25) is 9.59 Å². The number of rotatable bonds is 77. The van der Waals surface area contributed by atoms with Crippen LogP contribution in [0.2, 0.25) is 0 Å².